The summed E-state index contributed by atoms with van der Waals surface area (Å²) in [6, 6.07) is 64.7. The maximum atomic E-state index is 14.5. The average Bonchev–Trinajstić information content (AvgIpc) is 1.53. The van der Waals surface area contributed by atoms with Crippen LogP contribution in [0.3, 0.4) is 0 Å². The molecule has 1 saturated heterocycles. The highest BCUT2D eigenvalue weighted by Gasteiger charge is 2.59. The number of aromatic carboxylic acids is 1. The van der Waals surface area contributed by atoms with E-state index in [0.717, 1.165) is 33.5 Å². The van der Waals surface area contributed by atoms with Crippen LogP contribution >= 0.6 is 92.1 Å². The molecule has 2 aliphatic carbocycles. The van der Waals surface area contributed by atoms with Crippen LogP contribution in [0.25, 0.3) is 54.5 Å². The van der Waals surface area contributed by atoms with Gasteiger partial charge in [-0.25, -0.2) is 39.9 Å². The normalized spacial score (nSPS) is 16.7. The van der Waals surface area contributed by atoms with Crippen molar-refractivity contribution < 1.29 is 72.3 Å². The van der Waals surface area contributed by atoms with E-state index in [4.69, 9.17) is 14.9 Å². The lowest BCUT2D eigenvalue weighted by atomic mass is 10.1. The molecule has 126 heavy (non-hydrogen) atoms. The topological polar surface area (TPSA) is 324 Å². The van der Waals surface area contributed by atoms with E-state index in [-0.39, 0.29) is 78.6 Å². The molecule has 4 N–H and O–H groups in total. The Morgan fingerprint density at radius 1 is 0.500 bits per heavy atom. The van der Waals surface area contributed by atoms with Crippen molar-refractivity contribution in [2.45, 2.75) is 57.3 Å². The fourth-order valence-corrected chi connectivity index (χ4v) is 17.1. The molecule has 5 atom stereocenters. The minimum atomic E-state index is -3.60. The molecule has 0 spiro atoms. The molecule has 648 valence electrons. The van der Waals surface area contributed by atoms with Crippen LogP contribution < -0.4 is 25.4 Å². The Labute approximate surface area is 764 Å². The lowest BCUT2D eigenvalue weighted by molar-refractivity contribution is 0.0690. The number of halogens is 11. The van der Waals surface area contributed by atoms with Crippen molar-refractivity contribution in [1.29, 1.82) is 10.5 Å². The van der Waals surface area contributed by atoms with E-state index in [0.29, 0.717) is 108 Å². The number of nitriles is 2. The number of fused-ring (bicyclic) bond motifs is 5. The van der Waals surface area contributed by atoms with E-state index >= 15 is 0 Å². The number of hydrogen-bond donors (Lipinski definition) is 4. The number of nitrogens with zero attached hydrogens (tertiary/aromatic N) is 10. The number of aromatic nitrogens is 7. The fraction of sp³-hybridized carbons (Fsp3) is 0.180. The van der Waals surface area contributed by atoms with Crippen molar-refractivity contribution in [2.75, 3.05) is 54.4 Å². The molecule has 2 saturated carbocycles. The van der Waals surface area contributed by atoms with E-state index in [1.807, 2.05) is 141 Å². The number of amides is 4. The molecule has 4 amide bonds. The van der Waals surface area contributed by atoms with Crippen LogP contribution in [0.4, 0.5) is 44.7 Å². The third kappa shape index (κ3) is 19.6. The SMILES string of the molecule is CN(C(=O)c1cc2cc(Br)c(F)cc2[nH]1)c1ccccc1.CN(C(=O)c1cc2cc(Br)c(F)cc2n1CC#N)c1ccccc1.C[C@@H]1COS(=O)(=O)O1.C[C@H]1C[C@]1(C#N)n1c(C(=O)N(C)c2ccccc2)cc2cc(Br)c(F)cc21.C[C@H]1C[C@]1(c1noc(=O)[nH]1)n1c(C(=O)N(C)c2ccccc2)cc2cc(Br)c(F)cc21.Cl.O=C(O)c1cc2cc(Br)c(F)cc2[nH]1. The Morgan fingerprint density at radius 2 is 0.857 bits per heavy atom. The highest BCUT2D eigenvalue weighted by atomic mass is 79.9. The number of benzene rings is 9. The first-order valence-electron chi connectivity index (χ1n) is 37.9. The van der Waals surface area contributed by atoms with Gasteiger partial charge in [0.05, 0.1) is 57.7 Å². The first-order valence-corrected chi connectivity index (χ1v) is 43.2. The second kappa shape index (κ2) is 38.6. The number of carbonyl (C=O) groups excluding carboxylic acids is 4. The second-order valence-electron chi connectivity index (χ2n) is 29.4. The number of hydrogen-bond acceptors (Lipinski definition) is 14. The van der Waals surface area contributed by atoms with Gasteiger partial charge in [-0.15, -0.1) is 12.4 Å². The molecule has 6 aromatic heterocycles. The zero-order chi connectivity index (χ0) is 90.0. The maximum absolute atomic E-state index is 14.5. The van der Waals surface area contributed by atoms with Gasteiger partial charge in [-0.1, -0.05) is 91.8 Å². The van der Waals surface area contributed by atoms with Gasteiger partial charge in [0, 0.05) is 88.9 Å². The summed E-state index contributed by atoms with van der Waals surface area (Å²) in [7, 11) is 3.17. The Bertz CT molecular complexity index is 6910. The van der Waals surface area contributed by atoms with E-state index in [1.54, 1.807) is 107 Å². The number of carboxylic acid groups (broad SMARTS) is 1. The second-order valence-corrected chi connectivity index (χ2v) is 34.9. The van der Waals surface area contributed by atoms with Crippen LogP contribution in [0.2, 0.25) is 0 Å². The van der Waals surface area contributed by atoms with Crippen molar-refractivity contribution in [2.24, 2.45) is 11.8 Å². The largest absolute Gasteiger partial charge is 0.477 e. The molecule has 3 aliphatic rings. The van der Waals surface area contributed by atoms with E-state index in [1.165, 1.54) is 51.9 Å². The molecule has 25 nitrogen and oxygen atoms in total. The smallest absolute Gasteiger partial charge is 0.438 e. The molecule has 7 heterocycles. The van der Waals surface area contributed by atoms with Crippen LogP contribution in [0.5, 0.6) is 0 Å². The summed E-state index contributed by atoms with van der Waals surface area (Å²) in [6.07, 6.45) is 0.937. The average molecular weight is 2080 g/mol. The number of anilines is 4. The number of para-hydroxylation sites is 4. The van der Waals surface area contributed by atoms with Crippen LogP contribution in [0.1, 0.15) is 91.9 Å². The van der Waals surface area contributed by atoms with Gasteiger partial charge >= 0.3 is 22.1 Å². The van der Waals surface area contributed by atoms with E-state index < -0.39 is 56.5 Å². The Morgan fingerprint density at radius 3 is 1.21 bits per heavy atom. The molecule has 9 aromatic carbocycles. The van der Waals surface area contributed by atoms with Crippen LogP contribution in [-0.4, -0.2) is 118 Å². The number of carbonyl (C=O) groups is 5. The summed E-state index contributed by atoms with van der Waals surface area (Å²) in [5.74, 6) is -4.27. The number of aromatic amines is 3. The number of nitrogens with one attached hydrogen (secondary N) is 3. The molecule has 15 aromatic rings. The minimum Gasteiger partial charge on any atom is -0.477 e. The van der Waals surface area contributed by atoms with Gasteiger partial charge in [0.25, 0.3) is 23.6 Å². The molecular weight excluding hydrogens is 2010 g/mol. The summed E-state index contributed by atoms with van der Waals surface area (Å²) in [6.45, 7) is 5.70. The Kier molecular flexibility index (Phi) is 28.6. The van der Waals surface area contributed by atoms with Crippen molar-refractivity contribution in [1.82, 2.24) is 33.8 Å². The molecule has 3 fully saturated rings. The molecule has 1 aliphatic heterocycles. The lowest BCUT2D eigenvalue weighted by Gasteiger charge is -2.23. The van der Waals surface area contributed by atoms with E-state index in [9.17, 15) is 64.4 Å². The summed E-state index contributed by atoms with van der Waals surface area (Å²) >= 11 is 15.7. The molecule has 18 rings (SSSR count). The molecule has 0 radical (unpaired) electrons. The molecule has 37 heteroatoms. The van der Waals surface area contributed by atoms with Gasteiger partial charge < -0.3 is 48.4 Å². The number of rotatable bonds is 13. The van der Waals surface area contributed by atoms with Gasteiger partial charge in [0.15, 0.2) is 5.82 Å². The standard InChI is InChI=1S/C22H18BrFN4O3.C21H17BrFN3O.C18H13BrFN3O.C16H12BrFN2O.C9H5BrFNO2.C3H6O4S.ClH/c1-12-11-22(12,20-25-21(30)31-26-20)28-17-10-16(24)15(23)8-13(17)9-18(28)19(29)27(2)14-6-4-3-5-7-14;1-13-11-21(13,12-24)26-18-10-17(23)16(22)8-14(18)9-19(26)20(27)25(2)15-6-4-3-5-7-15;1-22(13-5-3-2-4-6-13)18(24)17-10-12-9-14(19)15(20)11-16(12)23(17)8-7-21;1-20(11-5-3-2-4-6-11)16(21)15-8-10-7-12(17)13(18)9-14(10)19-15;10-5-1-4-2-8(9(13)14)12-7(4)3-6(5)11;1-3-2-6-8(4,5)7-3;/h3-10,12H,11H2,1-2H3,(H,25,26,30);3-10,13H,11H2,1-2H3;2-6,9-11H,8H2,1H3;2-9,19H,1H3;1-3,12H,(H,13,14);3H,2H2,1H3;1H/t12-,22-;13-,21+;;;;3-;/m00...1./s1. The van der Waals surface area contributed by atoms with Crippen molar-refractivity contribution in [3.63, 3.8) is 0 Å². The predicted octanol–water partition coefficient (Wildman–Crippen LogP) is 20.9. The van der Waals surface area contributed by atoms with Gasteiger partial charge in [0.2, 0.25) is 0 Å². The third-order valence-corrected chi connectivity index (χ3v) is 25.2. The van der Waals surface area contributed by atoms with Gasteiger partial charge in [-0.05, 0) is 251 Å². The first kappa shape index (κ1) is 93.3. The third-order valence-electron chi connectivity index (χ3n) is 21.2. The van der Waals surface area contributed by atoms with Crippen LogP contribution in [-0.2, 0) is 36.4 Å². The van der Waals surface area contributed by atoms with Crippen LogP contribution in [0.15, 0.2) is 244 Å². The Hall–Kier alpha value is -11.8. The minimum absolute atomic E-state index is 0. The Balaban J connectivity index is 0.000000142. The summed E-state index contributed by atoms with van der Waals surface area (Å²) in [5.41, 5.74) is 5.66. The van der Waals surface area contributed by atoms with Crippen LogP contribution in [0, 0.1) is 63.6 Å². The summed E-state index contributed by atoms with van der Waals surface area (Å²) in [4.78, 5) is 88.9. The highest BCUT2D eigenvalue weighted by Crippen LogP contribution is 2.56. The predicted molar refractivity (Wildman–Crippen MR) is 488 cm³/mol. The van der Waals surface area contributed by atoms with E-state index in [2.05, 4.69) is 114 Å². The van der Waals surface area contributed by atoms with Crippen molar-refractivity contribution in [3.8, 4) is 12.1 Å². The summed E-state index contributed by atoms with van der Waals surface area (Å²) in [5, 5.41) is 35.1. The quantitative estimate of drug-likeness (QED) is 0.0780. The summed E-state index contributed by atoms with van der Waals surface area (Å²) < 4.78 is 110. The zero-order valence-corrected chi connectivity index (χ0v) is 76.8. The molecule has 0 bridgehead atoms. The van der Waals surface area contributed by atoms with Gasteiger partial charge in [-0.2, -0.15) is 18.9 Å². The fourth-order valence-electron chi connectivity index (χ4n) is 14.4. The van der Waals surface area contributed by atoms with Gasteiger partial charge in [0.1, 0.15) is 81.3 Å². The molecule has 0 unspecified atom stereocenters. The maximum Gasteiger partial charge on any atom is 0.438 e. The molecular formula is C89H72Br5ClF5N13O12S. The zero-order valence-electron chi connectivity index (χ0n) is 67.3. The van der Waals surface area contributed by atoms with Crippen molar-refractivity contribution in [3.05, 3.63) is 309 Å². The monoisotopic (exact) mass is 2070 g/mol. The highest BCUT2D eigenvalue weighted by molar-refractivity contribution is 9.11. The number of carboxylic acids is 1. The first-order chi connectivity index (χ1) is 59.5. The van der Waals surface area contributed by atoms with Gasteiger partial charge in [-0.3, -0.25) is 28.7 Å². The van der Waals surface area contributed by atoms with Crippen molar-refractivity contribution >= 4 is 209 Å². The lowest BCUT2D eigenvalue weighted by Crippen LogP contribution is -2.33. The number of H-pyrrole nitrogens is 3.